The van der Waals surface area contributed by atoms with E-state index in [1.165, 1.54) is 30.2 Å². The second-order valence-corrected chi connectivity index (χ2v) is 5.19. The fourth-order valence-corrected chi connectivity index (χ4v) is 3.01. The summed E-state index contributed by atoms with van der Waals surface area (Å²) in [6.45, 7) is 1.21. The third-order valence-electron chi connectivity index (χ3n) is 3.25. The molecule has 0 aliphatic carbocycles. The maximum atomic E-state index is 11.3. The first kappa shape index (κ1) is 9.90. The van der Waals surface area contributed by atoms with E-state index in [9.17, 15) is 4.79 Å². The number of carbonyl (C=O) groups is 1. The summed E-state index contributed by atoms with van der Waals surface area (Å²) in [4.78, 5) is 13.9. The number of hydrogen-bond acceptors (Lipinski definition) is 2. The van der Waals surface area contributed by atoms with Crippen molar-refractivity contribution >= 4 is 28.4 Å². The topological polar surface area (TPSA) is 20.3 Å². The fraction of sp³-hybridized carbons (Fsp3) is 0.900. The molecule has 0 aromatic rings. The van der Waals surface area contributed by atoms with Gasteiger partial charge in [0.05, 0.1) is 0 Å². The Hall–Kier alpha value is 0.360. The zero-order valence-corrected chi connectivity index (χ0v) is 10.00. The van der Waals surface area contributed by atoms with Crippen molar-refractivity contribution in [1.29, 1.82) is 0 Å². The van der Waals surface area contributed by atoms with Crippen LogP contribution >= 0.6 is 22.6 Å². The number of carbonyl (C=O) groups excluding carboxylic acids is 1. The van der Waals surface area contributed by atoms with Crippen molar-refractivity contribution in [2.24, 2.45) is 0 Å². The monoisotopic (exact) mass is 293 g/mol. The average molecular weight is 293 g/mol. The lowest BCUT2D eigenvalue weighted by molar-refractivity contribution is -0.123. The number of nitrogens with zero attached hydrogens (tertiary/aromatic N) is 1. The predicted molar refractivity (Wildman–Crippen MR) is 61.3 cm³/mol. The average Bonchev–Trinajstić information content (AvgIpc) is 2.33. The van der Waals surface area contributed by atoms with E-state index in [1.807, 2.05) is 0 Å². The summed E-state index contributed by atoms with van der Waals surface area (Å²) in [7, 11) is 0. The summed E-state index contributed by atoms with van der Waals surface area (Å²) in [6.07, 6.45) is 5.46. The summed E-state index contributed by atoms with van der Waals surface area (Å²) in [5.74, 6) is 0.498. The van der Waals surface area contributed by atoms with Crippen LogP contribution in [0.25, 0.3) is 0 Å². The van der Waals surface area contributed by atoms with Gasteiger partial charge in [-0.2, -0.15) is 0 Å². The Morgan fingerprint density at radius 1 is 1.31 bits per heavy atom. The van der Waals surface area contributed by atoms with Crippen molar-refractivity contribution < 1.29 is 4.79 Å². The van der Waals surface area contributed by atoms with Crippen molar-refractivity contribution in [1.82, 2.24) is 4.90 Å². The summed E-state index contributed by atoms with van der Waals surface area (Å²) in [5, 5.41) is 0. The second-order valence-electron chi connectivity index (χ2n) is 4.11. The highest BCUT2D eigenvalue weighted by Gasteiger charge is 2.39. The highest BCUT2D eigenvalue weighted by Crippen LogP contribution is 2.33. The van der Waals surface area contributed by atoms with Crippen LogP contribution in [0.4, 0.5) is 0 Å². The number of rotatable bonds is 3. The second kappa shape index (κ2) is 4.26. The highest BCUT2D eigenvalue weighted by molar-refractivity contribution is 14.1. The SMILES string of the molecule is O=C1CC2CCC(C1)N2CCCI. The van der Waals surface area contributed by atoms with Gasteiger partial charge in [0, 0.05) is 29.4 Å². The van der Waals surface area contributed by atoms with E-state index in [2.05, 4.69) is 27.5 Å². The van der Waals surface area contributed by atoms with E-state index in [-0.39, 0.29) is 0 Å². The smallest absolute Gasteiger partial charge is 0.136 e. The first-order chi connectivity index (χ1) is 6.31. The lowest BCUT2D eigenvalue weighted by atomic mass is 10.0. The summed E-state index contributed by atoms with van der Waals surface area (Å²) in [5.41, 5.74) is 0. The zero-order chi connectivity index (χ0) is 9.26. The molecular weight excluding hydrogens is 277 g/mol. The molecule has 3 heteroatoms. The lowest BCUT2D eigenvalue weighted by Gasteiger charge is -2.33. The Balaban J connectivity index is 1.94. The Morgan fingerprint density at radius 3 is 2.46 bits per heavy atom. The van der Waals surface area contributed by atoms with Gasteiger partial charge in [-0.3, -0.25) is 9.69 Å². The van der Waals surface area contributed by atoms with Gasteiger partial charge in [0.1, 0.15) is 5.78 Å². The Kier molecular flexibility index (Phi) is 3.24. The molecule has 2 aliphatic heterocycles. The molecule has 2 nitrogen and oxygen atoms in total. The van der Waals surface area contributed by atoms with Crippen LogP contribution < -0.4 is 0 Å². The number of halogens is 1. The molecule has 0 saturated carbocycles. The lowest BCUT2D eigenvalue weighted by Crippen LogP contribution is -2.43. The molecule has 0 N–H and O–H groups in total. The van der Waals surface area contributed by atoms with Crippen LogP contribution in [0, 0.1) is 0 Å². The van der Waals surface area contributed by atoms with Gasteiger partial charge in [0.25, 0.3) is 0 Å². The van der Waals surface area contributed by atoms with Crippen molar-refractivity contribution in [2.75, 3.05) is 11.0 Å². The normalized spacial score (nSPS) is 34.1. The van der Waals surface area contributed by atoms with Crippen LogP contribution in [0.15, 0.2) is 0 Å². The third-order valence-corrected chi connectivity index (χ3v) is 4.01. The molecule has 2 rings (SSSR count). The maximum absolute atomic E-state index is 11.3. The van der Waals surface area contributed by atoms with Gasteiger partial charge in [0.2, 0.25) is 0 Å². The van der Waals surface area contributed by atoms with E-state index in [4.69, 9.17) is 0 Å². The Bertz CT molecular complexity index is 191. The molecule has 2 fully saturated rings. The van der Waals surface area contributed by atoms with Crippen LogP contribution in [0.5, 0.6) is 0 Å². The standard InChI is InChI=1S/C10H16INO/c11-4-1-5-12-8-2-3-9(12)7-10(13)6-8/h8-9H,1-7H2. The molecule has 2 heterocycles. The largest absolute Gasteiger partial charge is 0.300 e. The van der Waals surface area contributed by atoms with Crippen molar-refractivity contribution in [3.05, 3.63) is 0 Å². The van der Waals surface area contributed by atoms with Crippen molar-refractivity contribution in [2.45, 2.75) is 44.2 Å². The maximum Gasteiger partial charge on any atom is 0.136 e. The van der Waals surface area contributed by atoms with Gasteiger partial charge in [-0.25, -0.2) is 0 Å². The van der Waals surface area contributed by atoms with Crippen LogP contribution in [0.1, 0.15) is 32.1 Å². The van der Waals surface area contributed by atoms with Crippen molar-refractivity contribution in [3.63, 3.8) is 0 Å². The van der Waals surface area contributed by atoms with Crippen LogP contribution in [0.2, 0.25) is 0 Å². The molecular formula is C10H16INO. The first-order valence-electron chi connectivity index (χ1n) is 5.14. The minimum Gasteiger partial charge on any atom is -0.300 e. The van der Waals surface area contributed by atoms with Crippen molar-refractivity contribution in [3.8, 4) is 0 Å². The fourth-order valence-electron chi connectivity index (χ4n) is 2.67. The Morgan fingerprint density at radius 2 is 1.92 bits per heavy atom. The van der Waals surface area contributed by atoms with E-state index < -0.39 is 0 Å². The molecule has 74 valence electrons. The van der Waals surface area contributed by atoms with Gasteiger partial charge in [-0.05, 0) is 25.8 Å². The molecule has 13 heavy (non-hydrogen) atoms. The number of Topliss-reactive ketones (excluding diaryl/α,β-unsaturated/α-hetero) is 1. The van der Waals surface area contributed by atoms with E-state index in [0.29, 0.717) is 17.9 Å². The Labute approximate surface area is 93.2 Å². The predicted octanol–water partition coefficient (Wildman–Crippen LogP) is 2.01. The molecule has 0 aromatic carbocycles. The number of fused-ring (bicyclic) bond motifs is 2. The summed E-state index contributed by atoms with van der Waals surface area (Å²) >= 11 is 2.43. The third kappa shape index (κ3) is 2.06. The van der Waals surface area contributed by atoms with Gasteiger partial charge in [0.15, 0.2) is 0 Å². The quantitative estimate of drug-likeness (QED) is 0.586. The van der Waals surface area contributed by atoms with E-state index in [0.717, 1.165) is 12.8 Å². The molecule has 0 spiro atoms. The van der Waals surface area contributed by atoms with E-state index in [1.54, 1.807) is 0 Å². The highest BCUT2D eigenvalue weighted by atomic mass is 127. The minimum absolute atomic E-state index is 0.498. The molecule has 2 unspecified atom stereocenters. The first-order valence-corrected chi connectivity index (χ1v) is 6.67. The molecule has 2 bridgehead atoms. The molecule has 2 aliphatic rings. The van der Waals surface area contributed by atoms with E-state index >= 15 is 0 Å². The van der Waals surface area contributed by atoms with Crippen LogP contribution in [0.3, 0.4) is 0 Å². The van der Waals surface area contributed by atoms with Crippen LogP contribution in [-0.2, 0) is 4.79 Å². The van der Waals surface area contributed by atoms with Crippen LogP contribution in [-0.4, -0.2) is 33.7 Å². The van der Waals surface area contributed by atoms with Gasteiger partial charge in [-0.1, -0.05) is 22.6 Å². The molecule has 0 radical (unpaired) electrons. The number of ketones is 1. The number of hydrogen-bond donors (Lipinski definition) is 0. The molecule has 0 aromatic heterocycles. The zero-order valence-electron chi connectivity index (χ0n) is 7.84. The van der Waals surface area contributed by atoms with Gasteiger partial charge < -0.3 is 0 Å². The summed E-state index contributed by atoms with van der Waals surface area (Å²) < 4.78 is 1.24. The number of alkyl halides is 1. The van der Waals surface area contributed by atoms with Gasteiger partial charge >= 0.3 is 0 Å². The molecule has 0 amide bonds. The number of piperidine rings is 1. The molecule has 2 atom stereocenters. The molecule has 2 saturated heterocycles. The summed E-state index contributed by atoms with van der Waals surface area (Å²) in [6, 6.07) is 1.21. The minimum atomic E-state index is 0.498. The van der Waals surface area contributed by atoms with Gasteiger partial charge in [-0.15, -0.1) is 0 Å².